The molecule has 55 heavy (non-hydrogen) atoms. The van der Waals surface area contributed by atoms with E-state index in [9.17, 15) is 63.3 Å². The molecule has 1 saturated heterocycles. The lowest BCUT2D eigenvalue weighted by molar-refractivity contribution is -0.144. The maximum absolute atomic E-state index is 13.4. The molecule has 23 heteroatoms. The van der Waals surface area contributed by atoms with Gasteiger partial charge >= 0.3 is 23.9 Å². The molecule has 6 atom stereocenters. The highest BCUT2D eigenvalue weighted by Gasteiger charge is 2.38. The van der Waals surface area contributed by atoms with E-state index in [0.29, 0.717) is 12.1 Å². The third-order valence-electron chi connectivity index (χ3n) is 8.25. The van der Waals surface area contributed by atoms with Crippen molar-refractivity contribution in [1.82, 2.24) is 41.5 Å². The Hall–Kier alpha value is -6.13. The number of carboxylic acids is 4. The highest BCUT2D eigenvalue weighted by atomic mass is 16.4. The number of hydrogen-bond acceptors (Lipinski definition) is 12. The number of amides is 6. The number of carbonyl (C=O) groups excluding carboxylic acids is 6. The summed E-state index contributed by atoms with van der Waals surface area (Å²) in [5.41, 5.74) is 5.96. The zero-order valence-electron chi connectivity index (χ0n) is 30.1. The van der Waals surface area contributed by atoms with E-state index in [1.54, 1.807) is 13.8 Å². The normalized spacial score (nSPS) is 16.4. The average molecular weight is 782 g/mol. The molecule has 2 heterocycles. The van der Waals surface area contributed by atoms with Crippen molar-refractivity contribution >= 4 is 59.3 Å². The van der Waals surface area contributed by atoms with Crippen molar-refractivity contribution in [3.8, 4) is 0 Å². The van der Waals surface area contributed by atoms with Crippen LogP contribution in [0.2, 0.25) is 0 Å². The van der Waals surface area contributed by atoms with Crippen molar-refractivity contribution in [3.05, 3.63) is 18.2 Å². The first-order chi connectivity index (χ1) is 25.8. The monoisotopic (exact) mass is 781 g/mol. The number of carboxylic acid groups (broad SMARTS) is 4. The molecular weight excluding hydrogens is 734 g/mol. The third-order valence-corrected chi connectivity index (χ3v) is 8.25. The fraction of sp³-hybridized carbons (Fsp3) is 0.594. The van der Waals surface area contributed by atoms with E-state index in [4.69, 9.17) is 10.8 Å². The first-order valence-corrected chi connectivity index (χ1v) is 17.2. The van der Waals surface area contributed by atoms with E-state index in [-0.39, 0.29) is 44.6 Å². The lowest BCUT2D eigenvalue weighted by atomic mass is 10.0. The van der Waals surface area contributed by atoms with Crippen LogP contribution in [-0.2, 0) is 54.4 Å². The second-order valence-corrected chi connectivity index (χ2v) is 13.2. The van der Waals surface area contributed by atoms with Gasteiger partial charge in [0.05, 0.1) is 31.8 Å². The van der Waals surface area contributed by atoms with E-state index < -0.39 is 115 Å². The maximum atomic E-state index is 13.4. The number of nitrogens with zero attached hydrogens (tertiary/aromatic N) is 2. The predicted octanol–water partition coefficient (Wildman–Crippen LogP) is -3.73. The molecule has 0 aliphatic carbocycles. The predicted molar refractivity (Wildman–Crippen MR) is 184 cm³/mol. The number of likely N-dealkylation sites (tertiary alicyclic amines) is 1. The van der Waals surface area contributed by atoms with Gasteiger partial charge in [-0.1, -0.05) is 13.8 Å². The number of nitrogens with two attached hydrogens (primary N) is 1. The van der Waals surface area contributed by atoms with Gasteiger partial charge < -0.3 is 62.6 Å². The first kappa shape index (κ1) is 45.0. The van der Waals surface area contributed by atoms with Gasteiger partial charge in [-0.15, -0.1) is 0 Å². The van der Waals surface area contributed by atoms with Gasteiger partial charge in [0.1, 0.15) is 30.2 Å². The number of hydrogen-bond donors (Lipinski definition) is 11. The van der Waals surface area contributed by atoms with E-state index in [1.165, 1.54) is 12.5 Å². The molecule has 1 aromatic heterocycles. The zero-order chi connectivity index (χ0) is 41.4. The number of imidazole rings is 1. The topological polar surface area (TPSA) is 370 Å². The molecule has 0 aromatic carbocycles. The van der Waals surface area contributed by atoms with Crippen LogP contribution >= 0.6 is 0 Å². The smallest absolute Gasteiger partial charge is 0.326 e. The molecule has 0 radical (unpaired) electrons. The van der Waals surface area contributed by atoms with Crippen LogP contribution in [0.1, 0.15) is 64.5 Å². The molecule has 0 bridgehead atoms. The van der Waals surface area contributed by atoms with Gasteiger partial charge in [-0.3, -0.25) is 43.2 Å². The largest absolute Gasteiger partial charge is 0.481 e. The number of nitrogens with one attached hydrogen (secondary N) is 6. The van der Waals surface area contributed by atoms with Gasteiger partial charge in [-0.25, -0.2) is 9.78 Å². The molecule has 304 valence electrons. The summed E-state index contributed by atoms with van der Waals surface area (Å²) in [4.78, 5) is 132. The number of carbonyl (C=O) groups is 10. The van der Waals surface area contributed by atoms with Crippen molar-refractivity contribution in [3.63, 3.8) is 0 Å². The number of aromatic nitrogens is 2. The SMILES string of the molecule is CC(C)C[C@H](NC(=O)[C@H](Cc1cnc[nH]1)NC(=O)[C@H](CC(=O)O)NC(=O)[C@H](CC(=O)O)NC(=O)[C@@H]1CCCN1C(=O)CNC(=O)[C@@H](N)CCC(=O)O)C(=O)O. The van der Waals surface area contributed by atoms with Gasteiger partial charge in [-0.2, -0.15) is 0 Å². The molecular formula is C32H47N9O14. The van der Waals surface area contributed by atoms with Crippen LogP contribution in [0.3, 0.4) is 0 Å². The molecule has 1 aliphatic heterocycles. The van der Waals surface area contributed by atoms with Gasteiger partial charge in [0, 0.05) is 31.3 Å². The number of aromatic amines is 1. The van der Waals surface area contributed by atoms with Crippen LogP contribution < -0.4 is 32.3 Å². The quantitative estimate of drug-likeness (QED) is 0.0508. The third kappa shape index (κ3) is 15.4. The summed E-state index contributed by atoms with van der Waals surface area (Å²) in [5.74, 6) is -11.8. The highest BCUT2D eigenvalue weighted by molar-refractivity contribution is 5.98. The molecule has 1 aliphatic rings. The molecule has 1 fully saturated rings. The molecule has 12 N–H and O–H groups in total. The first-order valence-electron chi connectivity index (χ1n) is 17.2. The van der Waals surface area contributed by atoms with Crippen molar-refractivity contribution in [2.24, 2.45) is 11.7 Å². The van der Waals surface area contributed by atoms with Crippen molar-refractivity contribution in [2.45, 2.75) is 101 Å². The second kappa shape index (κ2) is 21.5. The van der Waals surface area contributed by atoms with Crippen molar-refractivity contribution in [1.29, 1.82) is 0 Å². The van der Waals surface area contributed by atoms with Crippen molar-refractivity contribution < 1.29 is 68.4 Å². The fourth-order valence-electron chi connectivity index (χ4n) is 5.51. The Kier molecular flexibility index (Phi) is 17.6. The number of H-pyrrole nitrogens is 1. The Labute approximate surface area is 313 Å². The lowest BCUT2D eigenvalue weighted by Crippen LogP contribution is -2.59. The average Bonchev–Trinajstić information content (AvgIpc) is 3.80. The Morgan fingerprint density at radius 2 is 1.38 bits per heavy atom. The Bertz CT molecular complexity index is 1580. The highest BCUT2D eigenvalue weighted by Crippen LogP contribution is 2.18. The summed E-state index contributed by atoms with van der Waals surface area (Å²) >= 11 is 0. The number of rotatable bonds is 23. The maximum Gasteiger partial charge on any atom is 0.326 e. The molecule has 1 aromatic rings. The molecule has 0 saturated carbocycles. The standard InChI is InChI=1S/C32H47N9O14/c1-15(2)8-21(32(54)55)40-28(50)18(9-16-12-34-14-36-16)37-29(51)19(10-25(45)46)38-30(52)20(11-26(47)48)39-31(53)22-4-3-7-41(22)23(42)13-35-27(49)17(33)5-6-24(43)44/h12,14-15,17-22H,3-11,13,33H2,1-2H3,(H,34,36)(H,35,49)(H,37,51)(H,38,52)(H,39,53)(H,40,50)(H,43,44)(H,45,46)(H,47,48)(H,54,55)/t17-,18-,19-,20-,21-,22-/m0/s1. The van der Waals surface area contributed by atoms with E-state index in [0.717, 1.165) is 4.90 Å². The zero-order valence-corrected chi connectivity index (χ0v) is 30.1. The Balaban J connectivity index is 2.21. The Morgan fingerprint density at radius 3 is 1.91 bits per heavy atom. The fourth-order valence-corrected chi connectivity index (χ4v) is 5.51. The molecule has 2 rings (SSSR count). The van der Waals surface area contributed by atoms with Crippen LogP contribution in [0, 0.1) is 5.92 Å². The minimum atomic E-state index is -1.93. The van der Waals surface area contributed by atoms with Gasteiger partial charge in [0.2, 0.25) is 35.4 Å². The summed E-state index contributed by atoms with van der Waals surface area (Å²) in [7, 11) is 0. The van der Waals surface area contributed by atoms with Gasteiger partial charge in [0.25, 0.3) is 0 Å². The van der Waals surface area contributed by atoms with Crippen molar-refractivity contribution in [2.75, 3.05) is 13.1 Å². The molecule has 0 spiro atoms. The number of aliphatic carboxylic acids is 4. The minimum Gasteiger partial charge on any atom is -0.481 e. The minimum absolute atomic E-state index is 0.0361. The van der Waals surface area contributed by atoms with Crippen LogP contribution in [0.15, 0.2) is 12.5 Å². The van der Waals surface area contributed by atoms with Crippen LogP contribution in [-0.4, -0.2) is 144 Å². The van der Waals surface area contributed by atoms with E-state index >= 15 is 0 Å². The summed E-state index contributed by atoms with van der Waals surface area (Å²) in [6.45, 7) is 2.89. The lowest BCUT2D eigenvalue weighted by Gasteiger charge is -2.27. The summed E-state index contributed by atoms with van der Waals surface area (Å²) in [6.07, 6.45) is 0.0622. The summed E-state index contributed by atoms with van der Waals surface area (Å²) in [6, 6.07) is -9.13. The molecule has 0 unspecified atom stereocenters. The molecule has 23 nitrogen and oxygen atoms in total. The second-order valence-electron chi connectivity index (χ2n) is 13.2. The van der Waals surface area contributed by atoms with Crippen LogP contribution in [0.4, 0.5) is 0 Å². The van der Waals surface area contributed by atoms with E-state index in [2.05, 4.69) is 36.6 Å². The Morgan fingerprint density at radius 1 is 0.818 bits per heavy atom. The van der Waals surface area contributed by atoms with Crippen LogP contribution in [0.25, 0.3) is 0 Å². The van der Waals surface area contributed by atoms with Gasteiger partial charge in [-0.05, 0) is 31.6 Å². The summed E-state index contributed by atoms with van der Waals surface area (Å²) in [5, 5.41) is 48.6. The van der Waals surface area contributed by atoms with E-state index in [1.807, 2.05) is 0 Å². The van der Waals surface area contributed by atoms with Gasteiger partial charge in [0.15, 0.2) is 0 Å². The summed E-state index contributed by atoms with van der Waals surface area (Å²) < 4.78 is 0. The molecule has 6 amide bonds. The van der Waals surface area contributed by atoms with Crippen LogP contribution in [0.5, 0.6) is 0 Å².